The minimum Gasteiger partial charge on any atom is -0.472 e. The zero-order valence-electron chi connectivity index (χ0n) is 17.1. The molecule has 30 heavy (non-hydrogen) atoms. The van der Waals surface area contributed by atoms with Gasteiger partial charge in [-0.25, -0.2) is 22.5 Å². The van der Waals surface area contributed by atoms with Gasteiger partial charge in [-0.2, -0.15) is 0 Å². The quantitative estimate of drug-likeness (QED) is 0.722. The Kier molecular flexibility index (Phi) is 7.04. The summed E-state index contributed by atoms with van der Waals surface area (Å²) in [6.45, 7) is 4.62. The van der Waals surface area contributed by atoms with Gasteiger partial charge in [0.05, 0.1) is 4.90 Å². The Bertz CT molecular complexity index is 1010. The highest BCUT2D eigenvalue weighted by Crippen LogP contribution is 2.20. The van der Waals surface area contributed by atoms with Crippen molar-refractivity contribution in [3.63, 3.8) is 0 Å². The SMILES string of the molecule is Cc1ccc(S(=O)(=O)NCCC(=O)N2CCC(Oc3ncccc3F)CC2)c(C)c1. The lowest BCUT2D eigenvalue weighted by atomic mass is 10.1. The van der Waals surface area contributed by atoms with Gasteiger partial charge in [0, 0.05) is 45.1 Å². The number of hydrogen-bond acceptors (Lipinski definition) is 5. The van der Waals surface area contributed by atoms with Crippen LogP contribution in [0.25, 0.3) is 0 Å². The fraction of sp³-hybridized carbons (Fsp3) is 0.429. The molecule has 0 bridgehead atoms. The molecule has 0 spiro atoms. The van der Waals surface area contributed by atoms with E-state index in [1.54, 1.807) is 24.0 Å². The molecule has 1 aliphatic heterocycles. The highest BCUT2D eigenvalue weighted by atomic mass is 32.2. The maximum Gasteiger partial charge on any atom is 0.250 e. The second-order valence-electron chi connectivity index (χ2n) is 7.41. The van der Waals surface area contributed by atoms with Crippen LogP contribution in [0.15, 0.2) is 41.4 Å². The Balaban J connectivity index is 1.45. The van der Waals surface area contributed by atoms with Crippen LogP contribution in [0.3, 0.4) is 0 Å². The van der Waals surface area contributed by atoms with Gasteiger partial charge < -0.3 is 9.64 Å². The summed E-state index contributed by atoms with van der Waals surface area (Å²) in [7, 11) is -3.66. The molecule has 3 rings (SSSR count). The molecule has 0 unspecified atom stereocenters. The number of hydrogen-bond donors (Lipinski definition) is 1. The Labute approximate surface area is 176 Å². The van der Waals surface area contributed by atoms with Crippen molar-refractivity contribution in [3.8, 4) is 5.88 Å². The molecular formula is C21H26FN3O4S. The molecular weight excluding hydrogens is 409 g/mol. The van der Waals surface area contributed by atoms with Gasteiger partial charge in [-0.05, 0) is 37.6 Å². The second kappa shape index (κ2) is 9.53. The Morgan fingerprint density at radius 3 is 2.67 bits per heavy atom. The minimum absolute atomic E-state index is 0.0249. The summed E-state index contributed by atoms with van der Waals surface area (Å²) < 4.78 is 46.7. The predicted molar refractivity (Wildman–Crippen MR) is 110 cm³/mol. The lowest BCUT2D eigenvalue weighted by Gasteiger charge is -2.32. The molecule has 1 aromatic heterocycles. The van der Waals surface area contributed by atoms with Crippen LogP contribution in [0.2, 0.25) is 0 Å². The number of carbonyl (C=O) groups excluding carboxylic acids is 1. The number of aromatic nitrogens is 1. The number of pyridine rings is 1. The van der Waals surface area contributed by atoms with E-state index in [9.17, 15) is 17.6 Å². The van der Waals surface area contributed by atoms with Gasteiger partial charge in [-0.1, -0.05) is 17.7 Å². The molecule has 0 radical (unpaired) electrons. The van der Waals surface area contributed by atoms with E-state index in [1.165, 1.54) is 18.3 Å². The van der Waals surface area contributed by atoms with Crippen molar-refractivity contribution in [2.45, 2.75) is 44.1 Å². The van der Waals surface area contributed by atoms with Crippen molar-refractivity contribution in [1.82, 2.24) is 14.6 Å². The fourth-order valence-corrected chi connectivity index (χ4v) is 4.72. The topological polar surface area (TPSA) is 88.6 Å². The number of piperidine rings is 1. The third-order valence-electron chi connectivity index (χ3n) is 5.05. The third kappa shape index (κ3) is 5.54. The normalized spacial score (nSPS) is 15.2. The van der Waals surface area contributed by atoms with Crippen molar-refractivity contribution in [3.05, 3.63) is 53.5 Å². The molecule has 0 atom stereocenters. The molecule has 0 aliphatic carbocycles. The van der Waals surface area contributed by atoms with Gasteiger partial charge in [0.2, 0.25) is 15.9 Å². The molecule has 1 saturated heterocycles. The largest absolute Gasteiger partial charge is 0.472 e. The van der Waals surface area contributed by atoms with Crippen LogP contribution in [-0.2, 0) is 14.8 Å². The van der Waals surface area contributed by atoms with E-state index in [0.29, 0.717) is 31.5 Å². The van der Waals surface area contributed by atoms with Gasteiger partial charge in [0.25, 0.3) is 5.88 Å². The van der Waals surface area contributed by atoms with Crippen LogP contribution in [-0.4, -0.2) is 49.9 Å². The average Bonchev–Trinajstić information content (AvgIpc) is 2.70. The minimum atomic E-state index is -3.66. The van der Waals surface area contributed by atoms with E-state index in [2.05, 4.69) is 9.71 Å². The maximum atomic E-state index is 13.6. The Morgan fingerprint density at radius 1 is 1.27 bits per heavy atom. The van der Waals surface area contributed by atoms with Crippen LogP contribution >= 0.6 is 0 Å². The Hall–Kier alpha value is -2.52. The fourth-order valence-electron chi connectivity index (χ4n) is 3.47. The number of likely N-dealkylation sites (tertiary alicyclic amines) is 1. The molecule has 1 N–H and O–H groups in total. The third-order valence-corrected chi connectivity index (χ3v) is 6.67. The van der Waals surface area contributed by atoms with Crippen molar-refractivity contribution in [2.24, 2.45) is 0 Å². The molecule has 9 heteroatoms. The van der Waals surface area contributed by atoms with Gasteiger partial charge >= 0.3 is 0 Å². The summed E-state index contributed by atoms with van der Waals surface area (Å²) in [5.41, 5.74) is 1.65. The first-order valence-corrected chi connectivity index (χ1v) is 11.4. The van der Waals surface area contributed by atoms with Gasteiger partial charge in [-0.3, -0.25) is 4.79 Å². The molecule has 1 fully saturated rings. The molecule has 1 aromatic carbocycles. The number of aryl methyl sites for hydroxylation is 2. The number of ether oxygens (including phenoxy) is 1. The number of carbonyl (C=O) groups is 1. The van der Waals surface area contributed by atoms with Gasteiger partial charge in [-0.15, -0.1) is 0 Å². The predicted octanol–water partition coefficient (Wildman–Crippen LogP) is 2.58. The first-order valence-electron chi connectivity index (χ1n) is 9.88. The number of nitrogens with one attached hydrogen (secondary N) is 1. The standard InChI is InChI=1S/C21H26FN3O4S/c1-15-5-6-19(16(2)14-15)30(27,28)24-11-7-20(26)25-12-8-17(9-13-25)29-21-18(22)4-3-10-23-21/h3-6,10,14,17,24H,7-9,11-13H2,1-2H3. The molecule has 2 heterocycles. The second-order valence-corrected chi connectivity index (χ2v) is 9.14. The summed E-state index contributed by atoms with van der Waals surface area (Å²) in [5, 5.41) is 0. The van der Waals surface area contributed by atoms with E-state index in [0.717, 1.165) is 5.56 Å². The van der Waals surface area contributed by atoms with Crippen LogP contribution in [0, 0.1) is 19.7 Å². The number of nitrogens with zero attached hydrogens (tertiary/aromatic N) is 2. The number of amides is 1. The first kappa shape index (κ1) is 22.2. The van der Waals surface area contributed by atoms with Crippen molar-refractivity contribution in [1.29, 1.82) is 0 Å². The van der Waals surface area contributed by atoms with Gasteiger partial charge in [0.1, 0.15) is 6.10 Å². The molecule has 1 amide bonds. The highest BCUT2D eigenvalue weighted by molar-refractivity contribution is 7.89. The van der Waals surface area contributed by atoms with Crippen LogP contribution in [0.5, 0.6) is 5.88 Å². The molecule has 0 saturated carbocycles. The average molecular weight is 436 g/mol. The van der Waals surface area contributed by atoms with E-state index >= 15 is 0 Å². The zero-order chi connectivity index (χ0) is 21.7. The lowest BCUT2D eigenvalue weighted by molar-refractivity contribution is -0.132. The van der Waals surface area contributed by atoms with Gasteiger partial charge in [0.15, 0.2) is 5.82 Å². The summed E-state index contributed by atoms with van der Waals surface area (Å²) in [6, 6.07) is 7.92. The summed E-state index contributed by atoms with van der Waals surface area (Å²) in [4.78, 5) is 18.2. The summed E-state index contributed by atoms with van der Waals surface area (Å²) in [6.07, 6.45) is 2.47. The van der Waals surface area contributed by atoms with Crippen molar-refractivity contribution < 1.29 is 22.3 Å². The number of rotatable bonds is 7. The first-order chi connectivity index (χ1) is 14.3. The molecule has 162 valence electrons. The van der Waals surface area contributed by atoms with Crippen molar-refractivity contribution >= 4 is 15.9 Å². The number of benzene rings is 1. The number of halogens is 1. The lowest BCUT2D eigenvalue weighted by Crippen LogP contribution is -2.43. The van der Waals surface area contributed by atoms with E-state index in [4.69, 9.17) is 4.74 Å². The van der Waals surface area contributed by atoms with Crippen LogP contribution in [0.4, 0.5) is 4.39 Å². The Morgan fingerprint density at radius 2 is 2.00 bits per heavy atom. The zero-order valence-corrected chi connectivity index (χ0v) is 17.9. The highest BCUT2D eigenvalue weighted by Gasteiger charge is 2.25. The summed E-state index contributed by atoms with van der Waals surface area (Å²) >= 11 is 0. The van der Waals surface area contributed by atoms with Crippen LogP contribution in [0.1, 0.15) is 30.4 Å². The smallest absolute Gasteiger partial charge is 0.250 e. The molecule has 2 aromatic rings. The molecule has 1 aliphatic rings. The van der Waals surface area contributed by atoms with E-state index in [-0.39, 0.29) is 35.8 Å². The monoisotopic (exact) mass is 435 g/mol. The van der Waals surface area contributed by atoms with E-state index < -0.39 is 15.8 Å². The molecule has 7 nitrogen and oxygen atoms in total. The summed E-state index contributed by atoms with van der Waals surface area (Å²) in [5.74, 6) is -0.656. The van der Waals surface area contributed by atoms with E-state index in [1.807, 2.05) is 13.0 Å². The maximum absolute atomic E-state index is 13.6. The van der Waals surface area contributed by atoms with Crippen LogP contribution < -0.4 is 9.46 Å². The van der Waals surface area contributed by atoms with Crippen molar-refractivity contribution in [2.75, 3.05) is 19.6 Å². The number of sulfonamides is 1.